The molecule has 2 aromatic rings. The summed E-state index contributed by atoms with van der Waals surface area (Å²) in [4.78, 5) is 12.4. The summed E-state index contributed by atoms with van der Waals surface area (Å²) in [5.41, 5.74) is 0.952. The van der Waals surface area contributed by atoms with Crippen molar-refractivity contribution in [2.45, 2.75) is 39.2 Å². The van der Waals surface area contributed by atoms with Crippen LogP contribution in [0.1, 0.15) is 42.8 Å². The number of rotatable bonds is 4. The summed E-state index contributed by atoms with van der Waals surface area (Å²) < 4.78 is 5.66. The van der Waals surface area contributed by atoms with Crippen molar-refractivity contribution >= 4 is 16.9 Å². The van der Waals surface area contributed by atoms with Gasteiger partial charge in [0.15, 0.2) is 5.76 Å². The fourth-order valence-electron chi connectivity index (χ4n) is 2.33. The molecule has 0 spiro atoms. The predicted molar refractivity (Wildman–Crippen MR) is 80.6 cm³/mol. The molecule has 0 saturated carbocycles. The Morgan fingerprint density at radius 3 is 2.55 bits per heavy atom. The smallest absolute Gasteiger partial charge is 0.288 e. The zero-order valence-corrected chi connectivity index (χ0v) is 12.1. The topological polar surface area (TPSA) is 42.2 Å². The van der Waals surface area contributed by atoms with Crippen LogP contribution < -0.4 is 5.32 Å². The van der Waals surface area contributed by atoms with E-state index in [1.54, 1.807) is 0 Å². The summed E-state index contributed by atoms with van der Waals surface area (Å²) in [7, 11) is 0. The van der Waals surface area contributed by atoms with Gasteiger partial charge in [0.2, 0.25) is 0 Å². The molecule has 104 valence electrons. The van der Waals surface area contributed by atoms with E-state index in [9.17, 15) is 4.79 Å². The van der Waals surface area contributed by atoms with Gasteiger partial charge in [-0.25, -0.2) is 0 Å². The van der Waals surface area contributed by atoms with E-state index in [0.29, 0.717) is 18.6 Å². The van der Waals surface area contributed by atoms with E-state index >= 15 is 0 Å². The third kappa shape index (κ3) is 2.30. The first-order chi connectivity index (χ1) is 9.56. The summed E-state index contributed by atoms with van der Waals surface area (Å²) in [6.45, 7) is 5.82. The lowest BCUT2D eigenvalue weighted by Crippen LogP contribution is -2.46. The third-order valence-electron chi connectivity index (χ3n) is 3.89. The molecule has 1 aromatic heterocycles. The van der Waals surface area contributed by atoms with Crippen molar-refractivity contribution in [3.63, 3.8) is 0 Å². The molecule has 20 heavy (non-hydrogen) atoms. The van der Waals surface area contributed by atoms with Gasteiger partial charge in [-0.3, -0.25) is 4.79 Å². The van der Waals surface area contributed by atoms with Crippen LogP contribution in [0.5, 0.6) is 0 Å². The number of amides is 1. The highest BCUT2D eigenvalue weighted by atomic mass is 16.3. The number of para-hydroxylation sites is 1. The highest BCUT2D eigenvalue weighted by molar-refractivity contribution is 5.99. The van der Waals surface area contributed by atoms with Gasteiger partial charge in [-0.15, -0.1) is 6.42 Å². The Morgan fingerprint density at radius 2 is 2.00 bits per heavy atom. The number of furan rings is 1. The summed E-state index contributed by atoms with van der Waals surface area (Å²) in [6, 6.07) is 7.61. The maximum Gasteiger partial charge on any atom is 0.288 e. The molecule has 1 heterocycles. The van der Waals surface area contributed by atoms with Crippen LogP contribution in [0.2, 0.25) is 0 Å². The van der Waals surface area contributed by atoms with Gasteiger partial charge in [-0.1, -0.05) is 38.0 Å². The number of benzene rings is 1. The molecule has 0 fully saturated rings. The normalized spacial score (nSPS) is 11.3. The van der Waals surface area contributed by atoms with Crippen LogP contribution in [0.4, 0.5) is 0 Å². The second-order valence-corrected chi connectivity index (χ2v) is 4.94. The second kappa shape index (κ2) is 5.42. The number of aryl methyl sites for hydroxylation is 1. The Kier molecular flexibility index (Phi) is 3.85. The van der Waals surface area contributed by atoms with Crippen LogP contribution in [0.15, 0.2) is 28.7 Å². The van der Waals surface area contributed by atoms with Gasteiger partial charge in [0.1, 0.15) is 11.1 Å². The van der Waals surface area contributed by atoms with E-state index in [1.165, 1.54) is 0 Å². The highest BCUT2D eigenvalue weighted by Gasteiger charge is 2.28. The standard InChI is InChI=1S/C17H19NO2/c1-5-17(6-2,7-3)18-16(19)15-12(4)13-10-8-9-11-14(13)20-15/h1,8-11H,6-7H2,2-4H3,(H,18,19). The number of hydrogen-bond donors (Lipinski definition) is 1. The SMILES string of the molecule is C#CC(CC)(CC)NC(=O)c1oc2ccccc2c1C. The van der Waals surface area contributed by atoms with Gasteiger partial charge in [0.25, 0.3) is 5.91 Å². The molecule has 3 nitrogen and oxygen atoms in total. The molecule has 0 aliphatic rings. The van der Waals surface area contributed by atoms with Gasteiger partial charge in [0.05, 0.1) is 0 Å². The molecule has 0 atom stereocenters. The van der Waals surface area contributed by atoms with Crippen molar-refractivity contribution in [2.75, 3.05) is 0 Å². The predicted octanol–water partition coefficient (Wildman–Crippen LogP) is 3.66. The number of carbonyl (C=O) groups excluding carboxylic acids is 1. The number of carbonyl (C=O) groups is 1. The number of hydrogen-bond acceptors (Lipinski definition) is 2. The van der Waals surface area contributed by atoms with Crippen LogP contribution in [-0.2, 0) is 0 Å². The van der Waals surface area contributed by atoms with Crippen molar-refractivity contribution in [2.24, 2.45) is 0 Å². The first-order valence-corrected chi connectivity index (χ1v) is 6.85. The lowest BCUT2D eigenvalue weighted by Gasteiger charge is -2.26. The molecule has 2 rings (SSSR count). The molecule has 1 N–H and O–H groups in total. The van der Waals surface area contributed by atoms with Gasteiger partial charge in [0, 0.05) is 10.9 Å². The van der Waals surface area contributed by atoms with E-state index in [0.717, 1.165) is 16.5 Å². The average molecular weight is 269 g/mol. The Bertz CT molecular complexity index is 672. The molecule has 0 saturated heterocycles. The lowest BCUT2D eigenvalue weighted by atomic mass is 9.93. The molecule has 0 aliphatic carbocycles. The third-order valence-corrected chi connectivity index (χ3v) is 3.89. The van der Waals surface area contributed by atoms with Crippen LogP contribution >= 0.6 is 0 Å². The van der Waals surface area contributed by atoms with Gasteiger partial charge in [-0.05, 0) is 25.8 Å². The van der Waals surface area contributed by atoms with E-state index in [2.05, 4.69) is 11.2 Å². The molecule has 0 radical (unpaired) electrons. The van der Waals surface area contributed by atoms with Crippen molar-refractivity contribution < 1.29 is 9.21 Å². The molecular weight excluding hydrogens is 250 g/mol. The Labute approximate surface area is 119 Å². The molecule has 3 heteroatoms. The summed E-state index contributed by atoms with van der Waals surface area (Å²) >= 11 is 0. The first-order valence-electron chi connectivity index (χ1n) is 6.85. The van der Waals surface area contributed by atoms with Crippen LogP contribution in [0, 0.1) is 19.3 Å². The largest absolute Gasteiger partial charge is 0.451 e. The monoisotopic (exact) mass is 269 g/mol. The van der Waals surface area contributed by atoms with Crippen molar-refractivity contribution in [3.05, 3.63) is 35.6 Å². The number of nitrogens with one attached hydrogen (secondary N) is 1. The van der Waals surface area contributed by atoms with Crippen molar-refractivity contribution in [1.82, 2.24) is 5.32 Å². The zero-order valence-electron chi connectivity index (χ0n) is 12.1. The maximum atomic E-state index is 12.4. The molecule has 1 amide bonds. The van der Waals surface area contributed by atoms with E-state index in [4.69, 9.17) is 10.8 Å². The zero-order chi connectivity index (χ0) is 14.8. The van der Waals surface area contributed by atoms with Crippen LogP contribution in [0.3, 0.4) is 0 Å². The van der Waals surface area contributed by atoms with E-state index < -0.39 is 5.54 Å². The van der Waals surface area contributed by atoms with Gasteiger partial charge in [-0.2, -0.15) is 0 Å². The molecule has 1 aromatic carbocycles. The maximum absolute atomic E-state index is 12.4. The average Bonchev–Trinajstić information content (AvgIpc) is 2.83. The fraction of sp³-hybridized carbons (Fsp3) is 0.353. The highest BCUT2D eigenvalue weighted by Crippen LogP contribution is 2.25. The van der Waals surface area contributed by atoms with Gasteiger partial charge < -0.3 is 9.73 Å². The summed E-state index contributed by atoms with van der Waals surface area (Å²) in [5.74, 6) is 2.79. The Balaban J connectivity index is 2.37. The van der Waals surface area contributed by atoms with Gasteiger partial charge >= 0.3 is 0 Å². The summed E-state index contributed by atoms with van der Waals surface area (Å²) in [6.07, 6.45) is 6.94. The molecular formula is C17H19NO2. The van der Waals surface area contributed by atoms with E-state index in [-0.39, 0.29) is 5.91 Å². The lowest BCUT2D eigenvalue weighted by molar-refractivity contribution is 0.0889. The van der Waals surface area contributed by atoms with E-state index in [1.807, 2.05) is 45.0 Å². The number of terminal acetylenes is 1. The van der Waals surface area contributed by atoms with Crippen molar-refractivity contribution in [3.8, 4) is 12.3 Å². The van der Waals surface area contributed by atoms with Crippen LogP contribution in [0.25, 0.3) is 11.0 Å². The van der Waals surface area contributed by atoms with Crippen molar-refractivity contribution in [1.29, 1.82) is 0 Å². The fourth-order valence-corrected chi connectivity index (χ4v) is 2.33. The second-order valence-electron chi connectivity index (χ2n) is 4.94. The molecule has 0 unspecified atom stereocenters. The minimum absolute atomic E-state index is 0.250. The Hall–Kier alpha value is -2.21. The van der Waals surface area contributed by atoms with Crippen LogP contribution in [-0.4, -0.2) is 11.4 Å². The first kappa shape index (κ1) is 14.2. The summed E-state index contributed by atoms with van der Waals surface area (Å²) in [5, 5.41) is 3.88. The quantitative estimate of drug-likeness (QED) is 0.861. The minimum atomic E-state index is -0.609. The minimum Gasteiger partial charge on any atom is -0.451 e. The Morgan fingerprint density at radius 1 is 1.35 bits per heavy atom. The number of fused-ring (bicyclic) bond motifs is 1. The molecule has 0 bridgehead atoms. The molecule has 0 aliphatic heterocycles.